The van der Waals surface area contributed by atoms with Gasteiger partial charge >= 0.3 is 11.9 Å². The summed E-state index contributed by atoms with van der Waals surface area (Å²) in [5.74, 6) is -1.19. The van der Waals surface area contributed by atoms with Crippen LogP contribution in [0, 0.1) is 16.7 Å². The number of carbonyl (C=O) groups is 3. The van der Waals surface area contributed by atoms with Gasteiger partial charge in [0.15, 0.2) is 0 Å². The third-order valence-corrected chi connectivity index (χ3v) is 8.63. The number of nitrogens with zero attached hydrogens (tertiary/aromatic N) is 2. The molecule has 10 heteroatoms. The van der Waals surface area contributed by atoms with Crippen molar-refractivity contribution < 1.29 is 24.2 Å². The Kier molecular flexibility index (Phi) is 10.2. The van der Waals surface area contributed by atoms with Gasteiger partial charge in [-0.05, 0) is 51.4 Å². The van der Waals surface area contributed by atoms with E-state index in [4.69, 9.17) is 4.74 Å². The second-order valence-electron chi connectivity index (χ2n) is 10.0. The standard InChI is InChI=1S/C24H39N3O6S/c1-3-33-24(31)21(20(34-26-32)13-16-9-5-4-6-10-16)25-15(2)22(28)27-18-12-8-7-11-17(18)14-19(27)23(29)30/h15-21,25H,3-14H2,1-2H3,(H,29,30)/t15-,17?,18?,19+,20?,21?/m1/s1. The topological polar surface area (TPSA) is 125 Å². The Labute approximate surface area is 206 Å². The van der Waals surface area contributed by atoms with Crippen LogP contribution in [0.2, 0.25) is 0 Å². The van der Waals surface area contributed by atoms with E-state index in [1.165, 1.54) is 6.42 Å². The van der Waals surface area contributed by atoms with Crippen LogP contribution in [-0.4, -0.2) is 63.9 Å². The summed E-state index contributed by atoms with van der Waals surface area (Å²) in [6, 6.07) is -2.58. The summed E-state index contributed by atoms with van der Waals surface area (Å²) in [6.45, 7) is 3.57. The fourth-order valence-electron chi connectivity index (χ4n) is 6.17. The fraction of sp³-hybridized carbons (Fsp3) is 0.875. The second kappa shape index (κ2) is 12.9. The number of ether oxygens (including phenoxy) is 1. The molecule has 1 amide bonds. The van der Waals surface area contributed by atoms with Gasteiger partial charge in [-0.1, -0.05) is 44.9 Å². The maximum Gasteiger partial charge on any atom is 0.326 e. The van der Waals surface area contributed by atoms with E-state index in [2.05, 4.69) is 9.90 Å². The largest absolute Gasteiger partial charge is 0.480 e. The molecule has 0 radical (unpaired) electrons. The third kappa shape index (κ3) is 6.50. The molecule has 0 aromatic rings. The number of hydrogen-bond donors (Lipinski definition) is 2. The quantitative estimate of drug-likeness (QED) is 0.250. The Balaban J connectivity index is 1.77. The van der Waals surface area contributed by atoms with Crippen LogP contribution in [-0.2, 0) is 19.1 Å². The molecule has 4 unspecified atom stereocenters. The van der Waals surface area contributed by atoms with E-state index < -0.39 is 35.3 Å². The molecule has 1 saturated heterocycles. The normalized spacial score (nSPS) is 27.9. The van der Waals surface area contributed by atoms with Gasteiger partial charge in [-0.15, -0.1) is 4.91 Å². The molecular formula is C24H39N3O6S. The zero-order valence-corrected chi connectivity index (χ0v) is 21.1. The Morgan fingerprint density at radius 3 is 2.44 bits per heavy atom. The first-order chi connectivity index (χ1) is 16.4. The maximum absolute atomic E-state index is 13.6. The van der Waals surface area contributed by atoms with Gasteiger partial charge in [-0.25, -0.2) is 4.79 Å². The van der Waals surface area contributed by atoms with E-state index >= 15 is 0 Å². The van der Waals surface area contributed by atoms with Crippen LogP contribution in [0.25, 0.3) is 0 Å². The lowest BCUT2D eigenvalue weighted by Gasteiger charge is -2.36. The fourth-order valence-corrected chi connectivity index (χ4v) is 6.95. The molecule has 0 aromatic heterocycles. The van der Waals surface area contributed by atoms with Crippen molar-refractivity contribution in [3.05, 3.63) is 4.91 Å². The lowest BCUT2D eigenvalue weighted by molar-refractivity contribution is -0.152. The Hall–Kier alpha value is -1.68. The third-order valence-electron chi connectivity index (χ3n) is 7.81. The van der Waals surface area contributed by atoms with Crippen LogP contribution in [0.15, 0.2) is 4.58 Å². The van der Waals surface area contributed by atoms with Crippen molar-refractivity contribution in [2.45, 2.75) is 114 Å². The van der Waals surface area contributed by atoms with Crippen molar-refractivity contribution in [1.82, 2.24) is 10.2 Å². The number of carboxylic acid groups (broad SMARTS) is 1. The number of nitrogens with one attached hydrogen (secondary N) is 1. The summed E-state index contributed by atoms with van der Waals surface area (Å²) < 4.78 is 8.32. The van der Waals surface area contributed by atoms with Gasteiger partial charge in [0.05, 0.1) is 17.9 Å². The Morgan fingerprint density at radius 2 is 1.79 bits per heavy atom. The molecule has 34 heavy (non-hydrogen) atoms. The molecule has 0 aromatic carbocycles. The van der Waals surface area contributed by atoms with Crippen LogP contribution in [0.4, 0.5) is 0 Å². The highest BCUT2D eigenvalue weighted by atomic mass is 32.2. The molecular weight excluding hydrogens is 458 g/mol. The summed E-state index contributed by atoms with van der Waals surface area (Å²) in [5, 5.41) is 12.5. The number of amides is 1. The predicted octanol–water partition coefficient (Wildman–Crippen LogP) is 3.89. The summed E-state index contributed by atoms with van der Waals surface area (Å²) in [6.07, 6.45) is 10.5. The number of rotatable bonds is 11. The maximum atomic E-state index is 13.6. The number of esters is 1. The van der Waals surface area contributed by atoms with Crippen molar-refractivity contribution in [3.8, 4) is 0 Å². The summed E-state index contributed by atoms with van der Waals surface area (Å²) in [5.41, 5.74) is 0. The second-order valence-corrected chi connectivity index (χ2v) is 11.0. The van der Waals surface area contributed by atoms with E-state index in [1.807, 2.05) is 0 Å². The van der Waals surface area contributed by atoms with E-state index in [9.17, 15) is 24.4 Å². The van der Waals surface area contributed by atoms with Crippen molar-refractivity contribution in [3.63, 3.8) is 0 Å². The number of nitroso groups, excluding NO2 is 1. The van der Waals surface area contributed by atoms with Gasteiger partial charge in [0, 0.05) is 22.6 Å². The molecule has 9 nitrogen and oxygen atoms in total. The number of carbonyl (C=O) groups excluding carboxylic acids is 2. The molecule has 2 saturated carbocycles. The van der Waals surface area contributed by atoms with E-state index in [0.717, 1.165) is 63.3 Å². The molecule has 3 rings (SSSR count). The molecule has 3 aliphatic rings. The minimum absolute atomic E-state index is 0.0725. The molecule has 1 heterocycles. The first kappa shape index (κ1) is 26.9. The molecule has 2 aliphatic carbocycles. The van der Waals surface area contributed by atoms with Crippen molar-refractivity contribution in [1.29, 1.82) is 0 Å². The van der Waals surface area contributed by atoms with Crippen LogP contribution in [0.3, 0.4) is 0 Å². The zero-order chi connectivity index (χ0) is 24.7. The van der Waals surface area contributed by atoms with Gasteiger partial charge in [-0.3, -0.25) is 14.9 Å². The van der Waals surface area contributed by atoms with Crippen LogP contribution in [0.5, 0.6) is 0 Å². The number of fused-ring (bicyclic) bond motifs is 1. The summed E-state index contributed by atoms with van der Waals surface area (Å²) in [4.78, 5) is 51.2. The van der Waals surface area contributed by atoms with Crippen LogP contribution >= 0.6 is 11.9 Å². The lowest BCUT2D eigenvalue weighted by Crippen LogP contribution is -2.57. The molecule has 3 fully saturated rings. The molecule has 1 aliphatic heterocycles. The van der Waals surface area contributed by atoms with Gasteiger partial charge in [0.25, 0.3) is 0 Å². The first-order valence-corrected chi connectivity index (χ1v) is 13.7. The number of carboxylic acids is 1. The number of aliphatic carboxylic acids is 1. The zero-order valence-electron chi connectivity index (χ0n) is 20.3. The Bertz CT molecular complexity index is 731. The summed E-state index contributed by atoms with van der Waals surface area (Å²) in [7, 11) is 0. The highest BCUT2D eigenvalue weighted by Crippen LogP contribution is 2.40. The smallest absolute Gasteiger partial charge is 0.326 e. The molecule has 0 spiro atoms. The monoisotopic (exact) mass is 497 g/mol. The lowest BCUT2D eigenvalue weighted by atomic mass is 9.84. The van der Waals surface area contributed by atoms with E-state index in [-0.39, 0.29) is 24.5 Å². The number of hydrogen-bond acceptors (Lipinski definition) is 8. The predicted molar refractivity (Wildman–Crippen MR) is 130 cm³/mol. The highest BCUT2D eigenvalue weighted by Gasteiger charge is 2.49. The Morgan fingerprint density at radius 1 is 1.12 bits per heavy atom. The molecule has 2 N–H and O–H groups in total. The van der Waals surface area contributed by atoms with Gasteiger partial charge in [0.1, 0.15) is 12.1 Å². The van der Waals surface area contributed by atoms with E-state index in [1.54, 1.807) is 18.7 Å². The highest BCUT2D eigenvalue weighted by molar-refractivity contribution is 7.98. The molecule has 6 atom stereocenters. The van der Waals surface area contributed by atoms with Crippen LogP contribution in [0.1, 0.15) is 84.5 Å². The van der Waals surface area contributed by atoms with Gasteiger partial charge < -0.3 is 14.7 Å². The van der Waals surface area contributed by atoms with Crippen LogP contribution < -0.4 is 5.32 Å². The van der Waals surface area contributed by atoms with Gasteiger partial charge in [-0.2, -0.15) is 0 Å². The van der Waals surface area contributed by atoms with Gasteiger partial charge in [0.2, 0.25) is 5.91 Å². The van der Waals surface area contributed by atoms with E-state index in [0.29, 0.717) is 18.8 Å². The molecule has 0 bridgehead atoms. The number of likely N-dealkylation sites (tertiary alicyclic amines) is 1. The average molecular weight is 498 g/mol. The summed E-state index contributed by atoms with van der Waals surface area (Å²) >= 11 is 0.829. The van der Waals surface area contributed by atoms with Crippen molar-refractivity contribution >= 4 is 29.8 Å². The average Bonchev–Trinajstić information content (AvgIpc) is 3.22. The SMILES string of the molecule is CCOC(=O)C(N[C@H](C)C(=O)N1C2CCCCC2C[C@H]1C(=O)O)C(CC1CCCCC1)SN=O. The van der Waals surface area contributed by atoms with Crippen molar-refractivity contribution in [2.24, 2.45) is 16.4 Å². The molecule has 192 valence electrons. The minimum atomic E-state index is -0.979. The first-order valence-electron chi connectivity index (χ1n) is 12.8. The minimum Gasteiger partial charge on any atom is -0.480 e. The van der Waals surface area contributed by atoms with Crippen molar-refractivity contribution in [2.75, 3.05) is 6.61 Å².